The van der Waals surface area contributed by atoms with E-state index in [9.17, 15) is 9.59 Å². The zero-order chi connectivity index (χ0) is 17.2. The first kappa shape index (κ1) is 15.6. The van der Waals surface area contributed by atoms with E-state index in [1.54, 1.807) is 6.07 Å². The number of benzene rings is 1. The number of fused-ring (bicyclic) bond motifs is 2. The highest BCUT2D eigenvalue weighted by atomic mass is 32.1. The molecule has 0 aliphatic carbocycles. The second-order valence-electron chi connectivity index (χ2n) is 5.61. The van der Waals surface area contributed by atoms with Gasteiger partial charge >= 0.3 is 0 Å². The molecule has 0 fully saturated rings. The van der Waals surface area contributed by atoms with Crippen molar-refractivity contribution in [2.45, 2.75) is 12.6 Å². The second-order valence-corrected chi connectivity index (χ2v) is 6.53. The molecule has 0 saturated carbocycles. The first-order valence-electron chi connectivity index (χ1n) is 7.78. The fourth-order valence-electron chi connectivity index (χ4n) is 2.59. The third-order valence-corrected chi connectivity index (χ3v) is 4.74. The molecular formula is C17H15N3O4S. The highest BCUT2D eigenvalue weighted by Crippen LogP contribution is 2.30. The summed E-state index contributed by atoms with van der Waals surface area (Å²) >= 11 is 1.32. The number of ether oxygens (including phenoxy) is 2. The van der Waals surface area contributed by atoms with Crippen LogP contribution >= 0.6 is 11.3 Å². The molecule has 0 radical (unpaired) electrons. The number of nitrogens with one attached hydrogen (secondary N) is 1. The lowest BCUT2D eigenvalue weighted by Crippen LogP contribution is -2.42. The van der Waals surface area contributed by atoms with Gasteiger partial charge in [-0.25, -0.2) is 4.98 Å². The summed E-state index contributed by atoms with van der Waals surface area (Å²) in [6.07, 6.45) is 1.13. The van der Waals surface area contributed by atoms with Crippen molar-refractivity contribution in [3.63, 3.8) is 0 Å². The molecule has 1 atom stereocenters. The molecule has 3 aromatic rings. The maximum atomic E-state index is 12.3. The summed E-state index contributed by atoms with van der Waals surface area (Å²) in [4.78, 5) is 28.6. The summed E-state index contributed by atoms with van der Waals surface area (Å²) in [6, 6.07) is 9.18. The van der Waals surface area contributed by atoms with Gasteiger partial charge in [-0.15, -0.1) is 11.3 Å². The molecule has 1 aliphatic rings. The number of aromatic nitrogens is 2. The lowest BCUT2D eigenvalue weighted by atomic mass is 10.2. The van der Waals surface area contributed by atoms with Crippen LogP contribution in [0.3, 0.4) is 0 Å². The van der Waals surface area contributed by atoms with Crippen LogP contribution < -0.4 is 20.3 Å². The predicted molar refractivity (Wildman–Crippen MR) is 93.2 cm³/mol. The number of nitrogens with zero attached hydrogens (tertiary/aromatic N) is 2. The van der Waals surface area contributed by atoms with E-state index in [2.05, 4.69) is 10.3 Å². The lowest BCUT2D eigenvalue weighted by Gasteiger charge is -2.26. The van der Waals surface area contributed by atoms with Crippen molar-refractivity contribution in [1.82, 2.24) is 14.9 Å². The smallest absolute Gasteiger partial charge is 0.271 e. The van der Waals surface area contributed by atoms with Gasteiger partial charge in [-0.3, -0.25) is 14.2 Å². The van der Waals surface area contributed by atoms with Gasteiger partial charge in [0.25, 0.3) is 5.56 Å². The van der Waals surface area contributed by atoms with Gasteiger partial charge in [0.05, 0.1) is 18.4 Å². The Morgan fingerprint density at radius 2 is 2.16 bits per heavy atom. The molecule has 1 aromatic carbocycles. The van der Waals surface area contributed by atoms with Crippen molar-refractivity contribution in [2.75, 3.05) is 13.2 Å². The second kappa shape index (κ2) is 6.56. The zero-order valence-electron chi connectivity index (χ0n) is 13.2. The van der Waals surface area contributed by atoms with Gasteiger partial charge in [0, 0.05) is 0 Å². The Hall–Kier alpha value is -2.87. The maximum Gasteiger partial charge on any atom is 0.271 e. The molecule has 3 heterocycles. The largest absolute Gasteiger partial charge is 0.486 e. The standard InChI is InChI=1S/C17H15N3O4S/c21-15(8-20-10-19-12-5-6-25-16(12)17(20)22)18-7-11-9-23-13-3-1-2-4-14(13)24-11/h1-6,10-11H,7-9H2,(H,18,21)/t11-/m1/s1. The van der Waals surface area contributed by atoms with E-state index in [1.165, 1.54) is 22.2 Å². The van der Waals surface area contributed by atoms with Crippen LogP contribution in [-0.4, -0.2) is 34.7 Å². The van der Waals surface area contributed by atoms with Crippen molar-refractivity contribution < 1.29 is 14.3 Å². The molecule has 0 spiro atoms. The zero-order valence-corrected chi connectivity index (χ0v) is 14.0. The summed E-state index contributed by atoms with van der Waals surface area (Å²) in [6.45, 7) is 0.584. The molecule has 0 bridgehead atoms. The summed E-state index contributed by atoms with van der Waals surface area (Å²) in [5.74, 6) is 1.09. The van der Waals surface area contributed by atoms with Crippen molar-refractivity contribution in [2.24, 2.45) is 0 Å². The third kappa shape index (κ3) is 3.20. The lowest BCUT2D eigenvalue weighted by molar-refractivity contribution is -0.122. The Morgan fingerprint density at radius 3 is 3.04 bits per heavy atom. The average Bonchev–Trinajstić information content (AvgIpc) is 3.12. The Balaban J connectivity index is 1.36. The summed E-state index contributed by atoms with van der Waals surface area (Å²) in [5, 5.41) is 4.58. The number of carbonyl (C=O) groups excluding carboxylic acids is 1. The molecule has 1 amide bonds. The summed E-state index contributed by atoms with van der Waals surface area (Å²) in [5.41, 5.74) is 0.444. The average molecular weight is 357 g/mol. The predicted octanol–water partition coefficient (Wildman–Crippen LogP) is 1.41. The van der Waals surface area contributed by atoms with E-state index in [-0.39, 0.29) is 24.1 Å². The van der Waals surface area contributed by atoms with Crippen LogP contribution in [0.15, 0.2) is 46.8 Å². The summed E-state index contributed by atoms with van der Waals surface area (Å²) in [7, 11) is 0. The third-order valence-electron chi connectivity index (χ3n) is 3.84. The first-order chi connectivity index (χ1) is 12.2. The molecule has 7 nitrogen and oxygen atoms in total. The Kier molecular flexibility index (Phi) is 4.10. The Bertz CT molecular complexity index is 981. The number of carbonyl (C=O) groups is 1. The quantitative estimate of drug-likeness (QED) is 0.763. The van der Waals surface area contributed by atoms with E-state index in [1.807, 2.05) is 29.6 Å². The minimum atomic E-state index is -0.276. The molecule has 1 aliphatic heterocycles. The molecular weight excluding hydrogens is 342 g/mol. The van der Waals surface area contributed by atoms with Crippen LogP contribution in [-0.2, 0) is 11.3 Å². The molecule has 4 rings (SSSR count). The van der Waals surface area contributed by atoms with Crippen molar-refractivity contribution in [3.05, 3.63) is 52.4 Å². The van der Waals surface area contributed by atoms with Crippen LogP contribution in [0.4, 0.5) is 0 Å². The minimum absolute atomic E-state index is 0.0795. The van der Waals surface area contributed by atoms with E-state index >= 15 is 0 Å². The molecule has 0 unspecified atom stereocenters. The molecule has 0 saturated heterocycles. The topological polar surface area (TPSA) is 82.5 Å². The number of rotatable bonds is 4. The highest BCUT2D eigenvalue weighted by Gasteiger charge is 2.21. The Morgan fingerprint density at radius 1 is 1.32 bits per heavy atom. The number of para-hydroxylation sites is 2. The van der Waals surface area contributed by atoms with Gasteiger partial charge in [-0.05, 0) is 23.6 Å². The van der Waals surface area contributed by atoms with Gasteiger partial charge in [-0.1, -0.05) is 12.1 Å². The molecule has 8 heteroatoms. The minimum Gasteiger partial charge on any atom is -0.486 e. The van der Waals surface area contributed by atoms with Crippen LogP contribution in [0, 0.1) is 0 Å². The first-order valence-corrected chi connectivity index (χ1v) is 8.66. The van der Waals surface area contributed by atoms with Gasteiger partial charge in [-0.2, -0.15) is 0 Å². The van der Waals surface area contributed by atoms with Gasteiger partial charge in [0.1, 0.15) is 24.0 Å². The number of thiophene rings is 1. The number of hydrogen-bond donors (Lipinski definition) is 1. The highest BCUT2D eigenvalue weighted by molar-refractivity contribution is 7.17. The van der Waals surface area contributed by atoms with E-state index in [0.717, 1.165) is 0 Å². The van der Waals surface area contributed by atoms with Gasteiger partial charge in [0.2, 0.25) is 5.91 Å². The van der Waals surface area contributed by atoms with E-state index in [4.69, 9.17) is 9.47 Å². The van der Waals surface area contributed by atoms with Crippen molar-refractivity contribution in [3.8, 4) is 11.5 Å². The van der Waals surface area contributed by atoms with Gasteiger partial charge < -0.3 is 14.8 Å². The van der Waals surface area contributed by atoms with Crippen LogP contribution in [0.1, 0.15) is 0 Å². The monoisotopic (exact) mass is 357 g/mol. The number of amides is 1. The van der Waals surface area contributed by atoms with Crippen LogP contribution in [0.25, 0.3) is 10.2 Å². The fourth-order valence-corrected chi connectivity index (χ4v) is 3.39. The molecule has 2 aromatic heterocycles. The van der Waals surface area contributed by atoms with Crippen molar-refractivity contribution in [1.29, 1.82) is 0 Å². The SMILES string of the molecule is O=C(Cn1cnc2ccsc2c1=O)NC[C@@H]1COc2ccccc2O1. The molecule has 25 heavy (non-hydrogen) atoms. The van der Waals surface area contributed by atoms with Crippen LogP contribution in [0.2, 0.25) is 0 Å². The van der Waals surface area contributed by atoms with E-state index in [0.29, 0.717) is 34.9 Å². The van der Waals surface area contributed by atoms with Crippen LogP contribution in [0.5, 0.6) is 11.5 Å². The normalized spacial score (nSPS) is 15.9. The number of hydrogen-bond acceptors (Lipinski definition) is 6. The fraction of sp³-hybridized carbons (Fsp3) is 0.235. The van der Waals surface area contributed by atoms with Gasteiger partial charge in [0.15, 0.2) is 11.5 Å². The molecule has 128 valence electrons. The maximum absolute atomic E-state index is 12.3. The Labute approximate surface area is 146 Å². The summed E-state index contributed by atoms with van der Waals surface area (Å²) < 4.78 is 13.2. The van der Waals surface area contributed by atoms with E-state index < -0.39 is 0 Å². The van der Waals surface area contributed by atoms with Crippen molar-refractivity contribution >= 4 is 27.5 Å². The molecule has 1 N–H and O–H groups in total.